The molecule has 152 valence electrons. The first-order chi connectivity index (χ1) is 14.5. The van der Waals surface area contributed by atoms with E-state index in [4.69, 9.17) is 14.5 Å². The molecule has 30 heavy (non-hydrogen) atoms. The number of methoxy groups -OCH3 is 2. The van der Waals surface area contributed by atoms with E-state index in [0.29, 0.717) is 22.7 Å². The van der Waals surface area contributed by atoms with Crippen LogP contribution in [0.5, 0.6) is 11.5 Å². The number of aromatic amines is 1. The van der Waals surface area contributed by atoms with Gasteiger partial charge in [-0.25, -0.2) is 4.98 Å². The Balaban J connectivity index is 1.55. The van der Waals surface area contributed by atoms with Crippen molar-refractivity contribution in [1.82, 2.24) is 9.97 Å². The fraction of sp³-hybridized carbons (Fsp3) is 0.167. The zero-order chi connectivity index (χ0) is 21.3. The molecule has 0 bridgehead atoms. The molecule has 0 saturated carbocycles. The highest BCUT2D eigenvalue weighted by Gasteiger charge is 2.11. The van der Waals surface area contributed by atoms with Crippen LogP contribution in [0, 0.1) is 13.8 Å². The van der Waals surface area contributed by atoms with E-state index in [1.54, 1.807) is 32.4 Å². The number of hydrogen-bond donors (Lipinski definition) is 2. The van der Waals surface area contributed by atoms with E-state index < -0.39 is 0 Å². The Morgan fingerprint density at radius 1 is 0.900 bits per heavy atom. The molecule has 2 N–H and O–H groups in total. The van der Waals surface area contributed by atoms with E-state index in [-0.39, 0.29) is 5.91 Å². The van der Waals surface area contributed by atoms with Crippen molar-refractivity contribution in [3.8, 4) is 22.9 Å². The summed E-state index contributed by atoms with van der Waals surface area (Å²) >= 11 is 0. The molecule has 4 aromatic rings. The van der Waals surface area contributed by atoms with Crippen molar-refractivity contribution in [3.05, 3.63) is 71.3 Å². The number of hydrogen-bond acceptors (Lipinski definition) is 4. The smallest absolute Gasteiger partial charge is 0.255 e. The summed E-state index contributed by atoms with van der Waals surface area (Å²) in [6.07, 6.45) is 0. The van der Waals surface area contributed by atoms with Gasteiger partial charge in [-0.1, -0.05) is 0 Å². The van der Waals surface area contributed by atoms with E-state index in [9.17, 15) is 4.79 Å². The van der Waals surface area contributed by atoms with Crippen molar-refractivity contribution in [2.24, 2.45) is 0 Å². The van der Waals surface area contributed by atoms with Gasteiger partial charge in [0.05, 0.1) is 25.3 Å². The first-order valence-electron chi connectivity index (χ1n) is 9.58. The number of ether oxygens (including phenoxy) is 2. The van der Waals surface area contributed by atoms with Gasteiger partial charge in [0, 0.05) is 22.9 Å². The maximum Gasteiger partial charge on any atom is 0.255 e. The van der Waals surface area contributed by atoms with Gasteiger partial charge in [0.2, 0.25) is 0 Å². The van der Waals surface area contributed by atoms with E-state index in [1.165, 1.54) is 11.1 Å². The number of nitrogens with zero attached hydrogens (tertiary/aromatic N) is 1. The Labute approximate surface area is 174 Å². The number of fused-ring (bicyclic) bond motifs is 1. The van der Waals surface area contributed by atoms with Crippen molar-refractivity contribution in [3.63, 3.8) is 0 Å². The maximum absolute atomic E-state index is 12.6. The molecule has 3 aromatic carbocycles. The summed E-state index contributed by atoms with van der Waals surface area (Å²) in [5, 5.41) is 2.90. The van der Waals surface area contributed by atoms with Crippen LogP contribution in [-0.4, -0.2) is 30.1 Å². The minimum atomic E-state index is -0.241. The number of anilines is 1. The van der Waals surface area contributed by atoms with Gasteiger partial charge in [0.25, 0.3) is 5.91 Å². The van der Waals surface area contributed by atoms with Gasteiger partial charge in [-0.05, 0) is 73.5 Å². The van der Waals surface area contributed by atoms with Crippen LogP contribution in [0.3, 0.4) is 0 Å². The third-order valence-electron chi connectivity index (χ3n) is 5.13. The van der Waals surface area contributed by atoms with Crippen LogP contribution in [-0.2, 0) is 0 Å². The van der Waals surface area contributed by atoms with Gasteiger partial charge in [0.1, 0.15) is 17.3 Å². The average Bonchev–Trinajstić information content (AvgIpc) is 3.16. The summed E-state index contributed by atoms with van der Waals surface area (Å²) < 4.78 is 10.5. The van der Waals surface area contributed by atoms with Gasteiger partial charge in [-0.15, -0.1) is 0 Å². The molecule has 6 heteroatoms. The third-order valence-corrected chi connectivity index (χ3v) is 5.13. The number of rotatable bonds is 5. The number of amides is 1. The van der Waals surface area contributed by atoms with E-state index in [1.807, 2.05) is 24.3 Å². The predicted molar refractivity (Wildman–Crippen MR) is 119 cm³/mol. The van der Waals surface area contributed by atoms with Gasteiger partial charge < -0.3 is 19.8 Å². The van der Waals surface area contributed by atoms with Gasteiger partial charge in [-0.3, -0.25) is 4.79 Å². The number of carbonyl (C=O) groups is 1. The molecule has 0 aliphatic rings. The van der Waals surface area contributed by atoms with E-state index in [0.717, 1.165) is 22.4 Å². The van der Waals surface area contributed by atoms with Crippen molar-refractivity contribution < 1.29 is 14.3 Å². The van der Waals surface area contributed by atoms with Crippen molar-refractivity contribution in [2.75, 3.05) is 19.5 Å². The van der Waals surface area contributed by atoms with Crippen molar-refractivity contribution in [2.45, 2.75) is 13.8 Å². The van der Waals surface area contributed by atoms with Crippen LogP contribution in [0.2, 0.25) is 0 Å². The fourth-order valence-electron chi connectivity index (χ4n) is 3.26. The maximum atomic E-state index is 12.6. The Hall–Kier alpha value is -3.80. The number of H-pyrrole nitrogens is 1. The zero-order valence-electron chi connectivity index (χ0n) is 17.4. The molecule has 1 amide bonds. The van der Waals surface area contributed by atoms with Gasteiger partial charge in [-0.2, -0.15) is 0 Å². The lowest BCUT2D eigenvalue weighted by molar-refractivity contribution is 0.102. The minimum Gasteiger partial charge on any atom is -0.497 e. The third kappa shape index (κ3) is 3.85. The van der Waals surface area contributed by atoms with Crippen LogP contribution >= 0.6 is 0 Å². The Morgan fingerprint density at radius 3 is 2.17 bits per heavy atom. The monoisotopic (exact) mass is 401 g/mol. The molecule has 1 heterocycles. The summed E-state index contributed by atoms with van der Waals surface area (Å²) in [6, 6.07) is 16.8. The van der Waals surface area contributed by atoms with E-state index >= 15 is 0 Å². The number of nitrogens with one attached hydrogen (secondary N) is 2. The molecule has 0 spiro atoms. The number of aromatic nitrogens is 2. The molecule has 0 aliphatic heterocycles. The number of benzene rings is 3. The first-order valence-corrected chi connectivity index (χ1v) is 9.58. The summed E-state index contributed by atoms with van der Waals surface area (Å²) in [5.41, 5.74) is 6.49. The SMILES string of the molecule is COc1cc(OC)cc(C(=O)Nc2ccc(-c3nc4cc(C)c(C)cc4[nH]3)cc2)c1. The lowest BCUT2D eigenvalue weighted by atomic mass is 10.1. The molecule has 0 fully saturated rings. The minimum absolute atomic E-state index is 0.241. The molecule has 0 saturated heterocycles. The first kappa shape index (κ1) is 19.5. The van der Waals surface area contributed by atoms with Gasteiger partial charge >= 0.3 is 0 Å². The summed E-state index contributed by atoms with van der Waals surface area (Å²) in [5.74, 6) is 1.68. The molecular formula is C24H23N3O3. The second-order valence-electron chi connectivity index (χ2n) is 7.17. The standard InChI is InChI=1S/C24H23N3O3/c1-14-9-21-22(10-15(14)2)27-23(26-21)16-5-7-18(8-6-16)25-24(28)17-11-19(29-3)13-20(12-17)30-4/h5-13H,1-4H3,(H,25,28)(H,26,27). The lowest BCUT2D eigenvalue weighted by Crippen LogP contribution is -2.12. The van der Waals surface area contributed by atoms with Crippen LogP contribution in [0.4, 0.5) is 5.69 Å². The number of imidazole rings is 1. The van der Waals surface area contributed by atoms with E-state index in [2.05, 4.69) is 36.3 Å². The van der Waals surface area contributed by atoms with Crippen LogP contribution < -0.4 is 14.8 Å². The molecule has 0 unspecified atom stereocenters. The number of carbonyl (C=O) groups excluding carboxylic acids is 1. The van der Waals surface area contributed by atoms with Crippen LogP contribution in [0.15, 0.2) is 54.6 Å². The van der Waals surface area contributed by atoms with Crippen LogP contribution in [0.1, 0.15) is 21.5 Å². The lowest BCUT2D eigenvalue weighted by Gasteiger charge is -2.09. The fourth-order valence-corrected chi connectivity index (χ4v) is 3.26. The van der Waals surface area contributed by atoms with Crippen LogP contribution in [0.25, 0.3) is 22.4 Å². The highest BCUT2D eigenvalue weighted by Crippen LogP contribution is 2.26. The van der Waals surface area contributed by atoms with Gasteiger partial charge in [0.15, 0.2) is 0 Å². The summed E-state index contributed by atoms with van der Waals surface area (Å²) in [4.78, 5) is 20.7. The Bertz CT molecular complexity index is 1170. The Morgan fingerprint density at radius 2 is 1.53 bits per heavy atom. The number of aryl methyl sites for hydroxylation is 2. The second-order valence-corrected chi connectivity index (χ2v) is 7.17. The predicted octanol–water partition coefficient (Wildman–Crippen LogP) is 5.12. The second kappa shape index (κ2) is 7.91. The molecule has 4 rings (SSSR count). The largest absolute Gasteiger partial charge is 0.497 e. The highest BCUT2D eigenvalue weighted by molar-refractivity contribution is 6.04. The average molecular weight is 401 g/mol. The molecule has 0 aliphatic carbocycles. The molecular weight excluding hydrogens is 378 g/mol. The quantitative estimate of drug-likeness (QED) is 0.487. The van der Waals surface area contributed by atoms with Crippen molar-refractivity contribution >= 4 is 22.6 Å². The summed E-state index contributed by atoms with van der Waals surface area (Å²) in [6.45, 7) is 4.17. The Kier molecular flexibility index (Phi) is 5.14. The summed E-state index contributed by atoms with van der Waals surface area (Å²) in [7, 11) is 3.10. The molecule has 6 nitrogen and oxygen atoms in total. The normalized spacial score (nSPS) is 10.8. The highest BCUT2D eigenvalue weighted by atomic mass is 16.5. The topological polar surface area (TPSA) is 76.2 Å². The molecule has 0 radical (unpaired) electrons. The molecule has 1 aromatic heterocycles. The van der Waals surface area contributed by atoms with Crippen molar-refractivity contribution in [1.29, 1.82) is 0 Å². The molecule has 0 atom stereocenters. The zero-order valence-corrected chi connectivity index (χ0v) is 17.4.